The van der Waals surface area contributed by atoms with Crippen LogP contribution in [0.25, 0.3) is 0 Å². The first-order chi connectivity index (χ1) is 7.22. The summed E-state index contributed by atoms with van der Waals surface area (Å²) in [5, 5.41) is 2.98. The van der Waals surface area contributed by atoms with Crippen molar-refractivity contribution in [3.8, 4) is 0 Å². The molecule has 0 unspecified atom stereocenters. The molecule has 0 saturated carbocycles. The van der Waals surface area contributed by atoms with Crippen LogP contribution < -0.4 is 5.32 Å². The summed E-state index contributed by atoms with van der Waals surface area (Å²) in [5.74, 6) is 0.859. The fraction of sp³-hybridized carbons (Fsp3) is 0.909. The minimum absolute atomic E-state index is 0.0931. The van der Waals surface area contributed by atoms with Crippen molar-refractivity contribution in [2.75, 3.05) is 25.5 Å². The Hall–Kier alpha value is -0.280. The summed E-state index contributed by atoms with van der Waals surface area (Å²) in [6.07, 6.45) is 4.46. The van der Waals surface area contributed by atoms with Gasteiger partial charge in [-0.1, -0.05) is 0 Å². The van der Waals surface area contributed by atoms with Gasteiger partial charge in [-0.3, -0.25) is 4.79 Å². The summed E-state index contributed by atoms with van der Waals surface area (Å²) in [7, 11) is 0. The standard InChI is InChI=1S/C11H21ClN2O/c1-10(15)13-11-4-8-14(9-5-11)7-3-2-6-12/h11H,2-9H2,1H3,(H,13,15). The number of piperidine rings is 1. The molecule has 1 N–H and O–H groups in total. The fourth-order valence-corrected chi connectivity index (χ4v) is 2.21. The number of carbonyl (C=O) groups excluding carboxylic acids is 1. The van der Waals surface area contributed by atoms with Gasteiger partial charge < -0.3 is 10.2 Å². The number of nitrogens with zero attached hydrogens (tertiary/aromatic N) is 1. The van der Waals surface area contributed by atoms with Gasteiger partial charge in [0.2, 0.25) is 5.91 Å². The second-order valence-electron chi connectivity index (χ2n) is 4.21. The van der Waals surface area contributed by atoms with Crippen LogP contribution in [0.2, 0.25) is 0 Å². The van der Waals surface area contributed by atoms with Crippen LogP contribution in [-0.4, -0.2) is 42.4 Å². The van der Waals surface area contributed by atoms with E-state index in [2.05, 4.69) is 10.2 Å². The number of likely N-dealkylation sites (tertiary alicyclic amines) is 1. The zero-order valence-electron chi connectivity index (χ0n) is 9.47. The maximum atomic E-state index is 10.9. The summed E-state index contributed by atoms with van der Waals surface area (Å²) in [6.45, 7) is 4.95. The molecule has 1 aliphatic rings. The number of halogens is 1. The van der Waals surface area contributed by atoms with Crippen molar-refractivity contribution in [1.82, 2.24) is 10.2 Å². The van der Waals surface area contributed by atoms with Gasteiger partial charge in [0, 0.05) is 31.9 Å². The number of rotatable bonds is 5. The normalized spacial score (nSPS) is 19.1. The van der Waals surface area contributed by atoms with E-state index in [1.807, 2.05) is 0 Å². The Morgan fingerprint density at radius 1 is 1.40 bits per heavy atom. The molecule has 1 heterocycles. The molecule has 1 fully saturated rings. The van der Waals surface area contributed by atoms with Gasteiger partial charge in [0.1, 0.15) is 0 Å². The van der Waals surface area contributed by atoms with E-state index < -0.39 is 0 Å². The number of unbranched alkanes of at least 4 members (excludes halogenated alkanes) is 1. The van der Waals surface area contributed by atoms with E-state index in [1.165, 1.54) is 6.42 Å². The van der Waals surface area contributed by atoms with Crippen LogP contribution in [0.5, 0.6) is 0 Å². The molecular formula is C11H21ClN2O. The van der Waals surface area contributed by atoms with Gasteiger partial charge in [0.25, 0.3) is 0 Å². The summed E-state index contributed by atoms with van der Waals surface area (Å²) >= 11 is 5.63. The SMILES string of the molecule is CC(=O)NC1CCN(CCCCCl)CC1. The predicted octanol–water partition coefficient (Wildman–Crippen LogP) is 1.61. The maximum absolute atomic E-state index is 10.9. The van der Waals surface area contributed by atoms with Crippen LogP contribution >= 0.6 is 11.6 Å². The van der Waals surface area contributed by atoms with Crippen LogP contribution in [0, 0.1) is 0 Å². The quantitative estimate of drug-likeness (QED) is 0.577. The summed E-state index contributed by atoms with van der Waals surface area (Å²) in [4.78, 5) is 13.3. The molecule has 1 aliphatic heterocycles. The van der Waals surface area contributed by atoms with E-state index in [0.717, 1.165) is 44.8 Å². The second kappa shape index (κ2) is 7.07. The van der Waals surface area contributed by atoms with E-state index in [1.54, 1.807) is 6.92 Å². The third-order valence-corrected chi connectivity index (χ3v) is 3.12. The van der Waals surface area contributed by atoms with Crippen molar-refractivity contribution in [2.45, 2.75) is 38.6 Å². The monoisotopic (exact) mass is 232 g/mol. The number of hydrogen-bond donors (Lipinski definition) is 1. The first kappa shape index (κ1) is 12.8. The van der Waals surface area contributed by atoms with Crippen molar-refractivity contribution in [2.24, 2.45) is 0 Å². The topological polar surface area (TPSA) is 32.3 Å². The highest BCUT2D eigenvalue weighted by atomic mass is 35.5. The van der Waals surface area contributed by atoms with Gasteiger partial charge in [-0.25, -0.2) is 0 Å². The first-order valence-corrected chi connectivity index (χ1v) is 6.31. The predicted molar refractivity (Wildman–Crippen MR) is 63.2 cm³/mol. The van der Waals surface area contributed by atoms with Gasteiger partial charge in [0.15, 0.2) is 0 Å². The highest BCUT2D eigenvalue weighted by molar-refractivity contribution is 6.17. The van der Waals surface area contributed by atoms with E-state index >= 15 is 0 Å². The molecule has 0 aromatic rings. The molecule has 15 heavy (non-hydrogen) atoms. The van der Waals surface area contributed by atoms with E-state index in [4.69, 9.17) is 11.6 Å². The van der Waals surface area contributed by atoms with Gasteiger partial charge in [-0.15, -0.1) is 11.6 Å². The average Bonchev–Trinajstić information content (AvgIpc) is 2.20. The Kier molecular flexibility index (Phi) is 6.03. The molecule has 4 heteroatoms. The van der Waals surface area contributed by atoms with E-state index in [9.17, 15) is 4.79 Å². The van der Waals surface area contributed by atoms with Crippen molar-refractivity contribution in [3.05, 3.63) is 0 Å². The van der Waals surface area contributed by atoms with Crippen molar-refractivity contribution in [1.29, 1.82) is 0 Å². The Morgan fingerprint density at radius 2 is 2.07 bits per heavy atom. The lowest BCUT2D eigenvalue weighted by Crippen LogP contribution is -2.44. The molecule has 1 amide bonds. The lowest BCUT2D eigenvalue weighted by Gasteiger charge is -2.32. The number of hydrogen-bond acceptors (Lipinski definition) is 2. The third kappa shape index (κ3) is 5.38. The Bertz CT molecular complexity index is 191. The smallest absolute Gasteiger partial charge is 0.217 e. The first-order valence-electron chi connectivity index (χ1n) is 5.78. The summed E-state index contributed by atoms with van der Waals surface area (Å²) in [5.41, 5.74) is 0. The van der Waals surface area contributed by atoms with Gasteiger partial charge >= 0.3 is 0 Å². The average molecular weight is 233 g/mol. The zero-order chi connectivity index (χ0) is 11.1. The third-order valence-electron chi connectivity index (χ3n) is 2.85. The number of nitrogens with one attached hydrogen (secondary N) is 1. The van der Waals surface area contributed by atoms with Crippen LogP contribution in [0.3, 0.4) is 0 Å². The molecule has 1 rings (SSSR count). The molecular weight excluding hydrogens is 212 g/mol. The maximum Gasteiger partial charge on any atom is 0.217 e. The second-order valence-corrected chi connectivity index (χ2v) is 4.59. The molecule has 0 aliphatic carbocycles. The minimum Gasteiger partial charge on any atom is -0.354 e. The van der Waals surface area contributed by atoms with Crippen LogP contribution in [-0.2, 0) is 4.79 Å². The zero-order valence-corrected chi connectivity index (χ0v) is 10.2. The summed E-state index contributed by atoms with van der Waals surface area (Å²) < 4.78 is 0. The largest absolute Gasteiger partial charge is 0.354 e. The number of amides is 1. The van der Waals surface area contributed by atoms with Gasteiger partial charge in [-0.05, 0) is 32.2 Å². The summed E-state index contributed by atoms with van der Waals surface area (Å²) in [6, 6.07) is 0.395. The Morgan fingerprint density at radius 3 is 2.60 bits per heavy atom. The van der Waals surface area contributed by atoms with Crippen molar-refractivity contribution >= 4 is 17.5 Å². The highest BCUT2D eigenvalue weighted by Crippen LogP contribution is 2.11. The van der Waals surface area contributed by atoms with Gasteiger partial charge in [-0.2, -0.15) is 0 Å². The molecule has 1 saturated heterocycles. The molecule has 0 spiro atoms. The molecule has 3 nitrogen and oxygen atoms in total. The van der Waals surface area contributed by atoms with Crippen LogP contribution in [0.1, 0.15) is 32.6 Å². The molecule has 0 radical (unpaired) electrons. The van der Waals surface area contributed by atoms with E-state index in [0.29, 0.717) is 6.04 Å². The molecule has 0 bridgehead atoms. The molecule has 88 valence electrons. The Labute approximate surface area is 97.2 Å². The lowest BCUT2D eigenvalue weighted by molar-refractivity contribution is -0.119. The highest BCUT2D eigenvalue weighted by Gasteiger charge is 2.18. The lowest BCUT2D eigenvalue weighted by atomic mass is 10.0. The number of alkyl halides is 1. The minimum atomic E-state index is 0.0931. The van der Waals surface area contributed by atoms with Crippen LogP contribution in [0.15, 0.2) is 0 Å². The molecule has 0 aromatic carbocycles. The number of carbonyl (C=O) groups is 1. The fourth-order valence-electron chi connectivity index (χ4n) is 2.02. The van der Waals surface area contributed by atoms with Crippen molar-refractivity contribution < 1.29 is 4.79 Å². The molecule has 0 atom stereocenters. The van der Waals surface area contributed by atoms with E-state index in [-0.39, 0.29) is 5.91 Å². The van der Waals surface area contributed by atoms with Crippen LogP contribution in [0.4, 0.5) is 0 Å². The van der Waals surface area contributed by atoms with Gasteiger partial charge in [0.05, 0.1) is 0 Å². The molecule has 0 aromatic heterocycles. The Balaban J connectivity index is 2.10. The van der Waals surface area contributed by atoms with Crippen molar-refractivity contribution in [3.63, 3.8) is 0 Å².